The summed E-state index contributed by atoms with van der Waals surface area (Å²) >= 11 is 0. The Balaban J connectivity index is 1.98. The molecule has 0 spiro atoms. The molecule has 120 valence electrons. The third-order valence-corrected chi connectivity index (χ3v) is 3.21. The van der Waals surface area contributed by atoms with E-state index >= 15 is 0 Å². The lowest BCUT2D eigenvalue weighted by Crippen LogP contribution is -2.41. The van der Waals surface area contributed by atoms with Gasteiger partial charge in [0.25, 0.3) is 0 Å². The second kappa shape index (κ2) is 7.93. The normalized spacial score (nSPS) is 11.5. The molecule has 1 N–H and O–H groups in total. The van der Waals surface area contributed by atoms with E-state index in [9.17, 15) is 14.1 Å². The van der Waals surface area contributed by atoms with E-state index in [-0.39, 0.29) is 18.1 Å². The third-order valence-electron chi connectivity index (χ3n) is 3.21. The number of halogens is 1. The number of carboxylic acid groups (broad SMARTS) is 1. The Bertz CT molecular complexity index is 648. The predicted molar refractivity (Wildman–Crippen MR) is 81.1 cm³/mol. The molecule has 0 heterocycles. The average Bonchev–Trinajstić information content (AvgIpc) is 2.58. The quantitative estimate of drug-likeness (QED) is 0.831. The van der Waals surface area contributed by atoms with Crippen molar-refractivity contribution in [3.8, 4) is 0 Å². The first kappa shape index (κ1) is 16.5. The van der Waals surface area contributed by atoms with E-state index in [0.29, 0.717) is 11.1 Å². The number of carbonyl (C=O) groups is 2. The van der Waals surface area contributed by atoms with E-state index in [1.54, 1.807) is 60.7 Å². The van der Waals surface area contributed by atoms with Crippen LogP contribution in [-0.2, 0) is 22.6 Å². The van der Waals surface area contributed by atoms with E-state index in [4.69, 9.17) is 9.84 Å². The van der Waals surface area contributed by atoms with Crippen LogP contribution >= 0.6 is 0 Å². The molecule has 2 aromatic rings. The molecule has 1 atom stereocenters. The van der Waals surface area contributed by atoms with E-state index in [0.717, 1.165) is 0 Å². The number of rotatable bonds is 6. The van der Waals surface area contributed by atoms with Gasteiger partial charge in [0, 0.05) is 6.42 Å². The highest BCUT2D eigenvalue weighted by atomic mass is 19.2. The highest BCUT2D eigenvalue weighted by molar-refractivity contribution is 5.79. The van der Waals surface area contributed by atoms with Gasteiger partial charge in [0.1, 0.15) is 6.61 Å². The van der Waals surface area contributed by atoms with Crippen LogP contribution in [0.3, 0.4) is 0 Å². The molecule has 23 heavy (non-hydrogen) atoms. The monoisotopic (exact) mass is 317 g/mol. The van der Waals surface area contributed by atoms with Crippen LogP contribution < -0.4 is 0 Å². The lowest BCUT2D eigenvalue weighted by Gasteiger charge is -2.19. The Morgan fingerprint density at radius 2 is 1.52 bits per heavy atom. The summed E-state index contributed by atoms with van der Waals surface area (Å²) < 4.78 is 18.9. The Hall–Kier alpha value is -2.89. The minimum atomic E-state index is -1.64. The Morgan fingerprint density at radius 3 is 2.04 bits per heavy atom. The van der Waals surface area contributed by atoms with E-state index in [1.165, 1.54) is 0 Å². The van der Waals surface area contributed by atoms with Crippen LogP contribution in [0.25, 0.3) is 0 Å². The van der Waals surface area contributed by atoms with Crippen molar-refractivity contribution < 1.29 is 23.9 Å². The van der Waals surface area contributed by atoms with Crippen LogP contribution in [0.2, 0.25) is 0 Å². The lowest BCUT2D eigenvalue weighted by molar-refractivity contribution is -0.149. The molecule has 0 aliphatic heterocycles. The molecule has 0 fully saturated rings. The second-order valence-electron chi connectivity index (χ2n) is 4.90. The van der Waals surface area contributed by atoms with Crippen molar-refractivity contribution in [2.45, 2.75) is 19.1 Å². The standard InChI is InChI=1S/C17H16FNO4/c18-19(17(22)23-12-14-9-5-2-6-10-14)15(16(20)21)11-13-7-3-1-4-8-13/h1-10,15H,11-12H2,(H,20,21)/t15-/m0/s1. The molecule has 0 saturated carbocycles. The zero-order valence-corrected chi connectivity index (χ0v) is 12.3. The molecular formula is C17H16FNO4. The van der Waals surface area contributed by atoms with E-state index in [2.05, 4.69) is 0 Å². The Morgan fingerprint density at radius 1 is 1.00 bits per heavy atom. The average molecular weight is 317 g/mol. The Labute approximate surface area is 132 Å². The number of hydrogen-bond donors (Lipinski definition) is 1. The first-order valence-corrected chi connectivity index (χ1v) is 7.00. The van der Waals surface area contributed by atoms with Crippen molar-refractivity contribution in [1.29, 1.82) is 0 Å². The fraction of sp³-hybridized carbons (Fsp3) is 0.176. The predicted octanol–water partition coefficient (Wildman–Crippen LogP) is 3.21. The zero-order chi connectivity index (χ0) is 16.7. The van der Waals surface area contributed by atoms with Gasteiger partial charge in [-0.2, -0.15) is 0 Å². The number of ether oxygens (including phenoxy) is 1. The summed E-state index contributed by atoms with van der Waals surface area (Å²) in [5, 5.41) is 8.77. The maximum Gasteiger partial charge on any atom is 0.439 e. The second-order valence-corrected chi connectivity index (χ2v) is 4.90. The van der Waals surface area contributed by atoms with Gasteiger partial charge < -0.3 is 9.84 Å². The van der Waals surface area contributed by atoms with Gasteiger partial charge in [-0.25, -0.2) is 9.59 Å². The highest BCUT2D eigenvalue weighted by Crippen LogP contribution is 2.13. The van der Waals surface area contributed by atoms with Gasteiger partial charge in [0.15, 0.2) is 6.04 Å². The maximum atomic E-state index is 14.1. The van der Waals surface area contributed by atoms with Gasteiger partial charge in [-0.3, -0.25) is 0 Å². The van der Waals surface area contributed by atoms with Gasteiger partial charge in [-0.1, -0.05) is 65.1 Å². The van der Waals surface area contributed by atoms with Crippen molar-refractivity contribution in [3.63, 3.8) is 0 Å². The molecule has 5 nitrogen and oxygen atoms in total. The molecule has 0 saturated heterocycles. The molecule has 2 aromatic carbocycles. The summed E-state index contributed by atoms with van der Waals surface area (Å²) in [6.07, 6.45) is -1.47. The van der Waals surface area contributed by atoms with Crippen LogP contribution in [0.1, 0.15) is 11.1 Å². The van der Waals surface area contributed by atoms with Crippen LogP contribution in [0.15, 0.2) is 60.7 Å². The minimum Gasteiger partial charge on any atom is -0.480 e. The van der Waals surface area contributed by atoms with Gasteiger partial charge in [0.2, 0.25) is 0 Å². The fourth-order valence-corrected chi connectivity index (χ4v) is 2.01. The smallest absolute Gasteiger partial charge is 0.439 e. The summed E-state index contributed by atoms with van der Waals surface area (Å²) in [5.41, 5.74) is 1.29. The molecule has 2 rings (SSSR count). The third kappa shape index (κ3) is 4.81. The van der Waals surface area contributed by atoms with Gasteiger partial charge in [-0.05, 0) is 11.1 Å². The van der Waals surface area contributed by atoms with Gasteiger partial charge in [0.05, 0.1) is 0 Å². The first-order valence-electron chi connectivity index (χ1n) is 7.00. The van der Waals surface area contributed by atoms with Crippen molar-refractivity contribution in [2.75, 3.05) is 0 Å². The fourth-order valence-electron chi connectivity index (χ4n) is 2.01. The molecule has 0 aliphatic rings. The van der Waals surface area contributed by atoms with Crippen LogP contribution in [-0.4, -0.2) is 28.3 Å². The summed E-state index contributed by atoms with van der Waals surface area (Å²) in [6, 6.07) is 15.6. The van der Waals surface area contributed by atoms with Crippen molar-refractivity contribution in [2.24, 2.45) is 0 Å². The number of benzene rings is 2. The molecule has 0 aliphatic carbocycles. The van der Waals surface area contributed by atoms with Crippen LogP contribution in [0.5, 0.6) is 0 Å². The van der Waals surface area contributed by atoms with Gasteiger partial charge >= 0.3 is 12.1 Å². The molecule has 0 aromatic heterocycles. The molecule has 0 unspecified atom stereocenters. The number of nitrogens with zero attached hydrogens (tertiary/aromatic N) is 1. The number of carbonyl (C=O) groups excluding carboxylic acids is 1. The summed E-state index contributed by atoms with van der Waals surface area (Å²) in [4.78, 5) is 23.0. The number of carboxylic acids is 1. The number of hydrogen-bond acceptors (Lipinski definition) is 3. The zero-order valence-electron chi connectivity index (χ0n) is 12.3. The summed E-state index contributed by atoms with van der Waals surface area (Å²) in [7, 11) is 0. The van der Waals surface area contributed by atoms with Crippen molar-refractivity contribution in [3.05, 3.63) is 71.8 Å². The largest absolute Gasteiger partial charge is 0.480 e. The Kier molecular flexibility index (Phi) is 5.68. The first-order chi connectivity index (χ1) is 11.1. The van der Waals surface area contributed by atoms with E-state index in [1.807, 2.05) is 0 Å². The van der Waals surface area contributed by atoms with Gasteiger partial charge in [-0.15, -0.1) is 5.12 Å². The molecule has 6 heteroatoms. The van der Waals surface area contributed by atoms with Crippen LogP contribution in [0, 0.1) is 0 Å². The molecule has 0 bridgehead atoms. The van der Waals surface area contributed by atoms with Crippen molar-refractivity contribution >= 4 is 12.1 Å². The number of amides is 1. The van der Waals surface area contributed by atoms with Crippen molar-refractivity contribution in [1.82, 2.24) is 5.12 Å². The van der Waals surface area contributed by atoms with Crippen LogP contribution in [0.4, 0.5) is 9.28 Å². The molecule has 0 radical (unpaired) electrons. The minimum absolute atomic E-state index is 0.127. The molecular weight excluding hydrogens is 301 g/mol. The molecule has 1 amide bonds. The maximum absolute atomic E-state index is 14.1. The summed E-state index contributed by atoms with van der Waals surface area (Å²) in [6.45, 7) is -0.127. The number of aliphatic carboxylic acids is 1. The highest BCUT2D eigenvalue weighted by Gasteiger charge is 2.31. The topological polar surface area (TPSA) is 66.8 Å². The summed E-state index contributed by atoms with van der Waals surface area (Å²) in [5.74, 6) is -1.44. The SMILES string of the molecule is O=C(O)[C@H](Cc1ccccc1)N(F)C(=O)OCc1ccccc1. The van der Waals surface area contributed by atoms with E-state index < -0.39 is 18.1 Å². The lowest BCUT2D eigenvalue weighted by atomic mass is 10.1.